The topological polar surface area (TPSA) is 46.6 Å². The van der Waals surface area contributed by atoms with Crippen LogP contribution in [-0.4, -0.2) is 41.4 Å². The molecule has 120 valence electrons. The van der Waals surface area contributed by atoms with E-state index in [1.54, 1.807) is 20.8 Å². The number of amides is 1. The van der Waals surface area contributed by atoms with Gasteiger partial charge in [-0.1, -0.05) is 0 Å². The van der Waals surface area contributed by atoms with Gasteiger partial charge in [0.15, 0.2) is 0 Å². The summed E-state index contributed by atoms with van der Waals surface area (Å²) in [5.41, 5.74) is -1.82. The number of Topliss-reactive ketones (excluding diaryl/α,β-unsaturated/α-hetero) is 1. The van der Waals surface area contributed by atoms with E-state index in [4.69, 9.17) is 4.74 Å². The van der Waals surface area contributed by atoms with Gasteiger partial charge in [-0.15, -0.1) is 0 Å². The molecular formula is C15H23F2NO3. The highest BCUT2D eigenvalue weighted by Crippen LogP contribution is 2.52. The third-order valence-corrected chi connectivity index (χ3v) is 4.44. The third-order valence-electron chi connectivity index (χ3n) is 4.44. The monoisotopic (exact) mass is 303 g/mol. The van der Waals surface area contributed by atoms with Crippen LogP contribution in [0.2, 0.25) is 0 Å². The number of hydrogen-bond acceptors (Lipinski definition) is 3. The molecule has 1 saturated heterocycles. The zero-order valence-corrected chi connectivity index (χ0v) is 12.9. The third kappa shape index (κ3) is 3.35. The van der Waals surface area contributed by atoms with Gasteiger partial charge in [0, 0.05) is 24.8 Å². The van der Waals surface area contributed by atoms with E-state index in [1.165, 1.54) is 0 Å². The van der Waals surface area contributed by atoms with Crippen LogP contribution < -0.4 is 0 Å². The molecule has 0 aromatic heterocycles. The van der Waals surface area contributed by atoms with Crippen molar-refractivity contribution in [3.05, 3.63) is 0 Å². The highest BCUT2D eigenvalue weighted by atomic mass is 19.3. The molecule has 1 saturated carbocycles. The van der Waals surface area contributed by atoms with Gasteiger partial charge >= 0.3 is 6.09 Å². The summed E-state index contributed by atoms with van der Waals surface area (Å²) >= 11 is 0. The van der Waals surface area contributed by atoms with E-state index in [0.29, 0.717) is 0 Å². The Labute approximate surface area is 123 Å². The second kappa shape index (κ2) is 5.21. The van der Waals surface area contributed by atoms with Crippen molar-refractivity contribution in [1.29, 1.82) is 0 Å². The summed E-state index contributed by atoms with van der Waals surface area (Å²) in [6.45, 7) is 4.78. The van der Waals surface area contributed by atoms with Crippen molar-refractivity contribution in [1.82, 2.24) is 4.90 Å². The molecule has 0 aromatic rings. The summed E-state index contributed by atoms with van der Waals surface area (Å²) in [6, 6.07) is 0. The number of carbonyl (C=O) groups is 2. The SMILES string of the molecule is CC(C)(C)OC(=O)N1CCC2(CCC(=O)CC2)C(F)(F)C1. The summed E-state index contributed by atoms with van der Waals surface area (Å²) in [5, 5.41) is 0. The van der Waals surface area contributed by atoms with Crippen LogP contribution in [0.25, 0.3) is 0 Å². The van der Waals surface area contributed by atoms with Gasteiger partial charge < -0.3 is 9.64 Å². The molecule has 1 spiro atoms. The fraction of sp³-hybridized carbons (Fsp3) is 0.867. The summed E-state index contributed by atoms with van der Waals surface area (Å²) in [4.78, 5) is 24.3. The number of halogens is 2. The maximum Gasteiger partial charge on any atom is 0.410 e. The van der Waals surface area contributed by atoms with Crippen LogP contribution in [0.1, 0.15) is 52.9 Å². The summed E-state index contributed by atoms with van der Waals surface area (Å²) in [5.74, 6) is -2.91. The molecule has 0 N–H and O–H groups in total. The molecule has 1 amide bonds. The maximum atomic E-state index is 14.6. The van der Waals surface area contributed by atoms with E-state index < -0.39 is 29.6 Å². The Morgan fingerprint density at radius 2 is 1.76 bits per heavy atom. The minimum atomic E-state index is -2.97. The van der Waals surface area contributed by atoms with Crippen molar-refractivity contribution in [2.24, 2.45) is 5.41 Å². The largest absolute Gasteiger partial charge is 0.444 e. The Bertz CT molecular complexity index is 433. The Morgan fingerprint density at radius 3 is 2.24 bits per heavy atom. The number of ketones is 1. The Hall–Kier alpha value is -1.20. The quantitative estimate of drug-likeness (QED) is 0.689. The Morgan fingerprint density at radius 1 is 1.19 bits per heavy atom. The lowest BCUT2D eigenvalue weighted by Crippen LogP contribution is -2.58. The average molecular weight is 303 g/mol. The Balaban J connectivity index is 2.06. The molecule has 2 aliphatic rings. The molecule has 4 nitrogen and oxygen atoms in total. The minimum Gasteiger partial charge on any atom is -0.444 e. The zero-order valence-electron chi connectivity index (χ0n) is 12.9. The lowest BCUT2D eigenvalue weighted by Gasteiger charge is -2.49. The van der Waals surface area contributed by atoms with Gasteiger partial charge in [0.25, 0.3) is 5.92 Å². The van der Waals surface area contributed by atoms with Crippen LogP contribution >= 0.6 is 0 Å². The molecule has 1 aliphatic carbocycles. The first-order chi connectivity index (χ1) is 9.55. The highest BCUT2D eigenvalue weighted by Gasteiger charge is 2.58. The summed E-state index contributed by atoms with van der Waals surface area (Å²) < 4.78 is 34.3. The lowest BCUT2D eigenvalue weighted by molar-refractivity contribution is -0.180. The van der Waals surface area contributed by atoms with Gasteiger partial charge in [0.1, 0.15) is 11.4 Å². The number of piperidine rings is 1. The first-order valence-corrected chi connectivity index (χ1v) is 7.42. The number of nitrogens with zero attached hydrogens (tertiary/aromatic N) is 1. The van der Waals surface area contributed by atoms with Gasteiger partial charge in [-0.3, -0.25) is 4.79 Å². The number of carbonyl (C=O) groups excluding carboxylic acids is 2. The fourth-order valence-electron chi connectivity index (χ4n) is 3.12. The van der Waals surface area contributed by atoms with Gasteiger partial charge in [-0.25, -0.2) is 13.6 Å². The van der Waals surface area contributed by atoms with Crippen molar-refractivity contribution in [3.8, 4) is 0 Å². The standard InChI is InChI=1S/C15H23F2NO3/c1-13(2,3)21-12(20)18-9-8-14(15(16,17)10-18)6-4-11(19)5-7-14/h4-10H2,1-3H3. The molecule has 0 aromatic carbocycles. The van der Waals surface area contributed by atoms with E-state index in [0.717, 1.165) is 4.90 Å². The molecule has 6 heteroatoms. The van der Waals surface area contributed by atoms with Gasteiger partial charge in [-0.05, 0) is 40.0 Å². The van der Waals surface area contributed by atoms with E-state index in [2.05, 4.69) is 0 Å². The van der Waals surface area contributed by atoms with Crippen LogP contribution in [0.4, 0.5) is 13.6 Å². The molecule has 21 heavy (non-hydrogen) atoms. The molecule has 2 rings (SSSR count). The van der Waals surface area contributed by atoms with Crippen LogP contribution in [0, 0.1) is 5.41 Å². The van der Waals surface area contributed by atoms with Gasteiger partial charge in [-0.2, -0.15) is 0 Å². The maximum absolute atomic E-state index is 14.6. The molecule has 0 unspecified atom stereocenters. The second-order valence-electron chi connectivity index (χ2n) is 7.18. The van der Waals surface area contributed by atoms with E-state index >= 15 is 0 Å². The number of alkyl halides is 2. The average Bonchev–Trinajstić information content (AvgIpc) is 2.33. The number of likely N-dealkylation sites (tertiary alicyclic amines) is 1. The number of ether oxygens (including phenoxy) is 1. The fourth-order valence-corrected chi connectivity index (χ4v) is 3.12. The van der Waals surface area contributed by atoms with Crippen molar-refractivity contribution in [3.63, 3.8) is 0 Å². The normalized spacial score (nSPS) is 25.0. The molecular weight excluding hydrogens is 280 g/mol. The van der Waals surface area contributed by atoms with Crippen LogP contribution in [0.5, 0.6) is 0 Å². The van der Waals surface area contributed by atoms with Gasteiger partial charge in [0.05, 0.1) is 6.54 Å². The first kappa shape index (κ1) is 16.2. The van der Waals surface area contributed by atoms with E-state index in [9.17, 15) is 18.4 Å². The molecule has 0 bridgehead atoms. The lowest BCUT2D eigenvalue weighted by atomic mass is 9.65. The highest BCUT2D eigenvalue weighted by molar-refractivity contribution is 5.79. The zero-order chi connectivity index (χ0) is 15.9. The van der Waals surface area contributed by atoms with Crippen LogP contribution in [-0.2, 0) is 9.53 Å². The smallest absolute Gasteiger partial charge is 0.410 e. The number of rotatable bonds is 0. The summed E-state index contributed by atoms with van der Waals surface area (Å²) in [7, 11) is 0. The molecule has 1 heterocycles. The van der Waals surface area contributed by atoms with Crippen LogP contribution in [0.3, 0.4) is 0 Å². The van der Waals surface area contributed by atoms with E-state index in [-0.39, 0.29) is 44.4 Å². The number of hydrogen-bond donors (Lipinski definition) is 0. The molecule has 1 aliphatic heterocycles. The van der Waals surface area contributed by atoms with Crippen molar-refractivity contribution in [2.45, 2.75) is 64.4 Å². The van der Waals surface area contributed by atoms with Crippen molar-refractivity contribution in [2.75, 3.05) is 13.1 Å². The Kier molecular flexibility index (Phi) is 4.02. The van der Waals surface area contributed by atoms with Crippen molar-refractivity contribution < 1.29 is 23.1 Å². The molecule has 0 atom stereocenters. The predicted molar refractivity (Wildman–Crippen MR) is 73.3 cm³/mol. The molecule has 0 radical (unpaired) electrons. The second-order valence-corrected chi connectivity index (χ2v) is 7.18. The summed E-state index contributed by atoms with van der Waals surface area (Å²) in [6.07, 6.45) is 0.433. The molecule has 2 fully saturated rings. The van der Waals surface area contributed by atoms with Gasteiger partial charge in [0.2, 0.25) is 0 Å². The predicted octanol–water partition coefficient (Wildman–Crippen LogP) is 3.39. The first-order valence-electron chi connectivity index (χ1n) is 7.42. The minimum absolute atomic E-state index is 0.0611. The van der Waals surface area contributed by atoms with Crippen molar-refractivity contribution >= 4 is 11.9 Å². The van der Waals surface area contributed by atoms with E-state index in [1.807, 2.05) is 0 Å². The van der Waals surface area contributed by atoms with Crippen LogP contribution in [0.15, 0.2) is 0 Å².